The van der Waals surface area contributed by atoms with Gasteiger partial charge < -0.3 is 4.42 Å². The van der Waals surface area contributed by atoms with Crippen molar-refractivity contribution in [1.29, 1.82) is 0 Å². The van der Waals surface area contributed by atoms with E-state index in [9.17, 15) is 0 Å². The molecule has 0 atom stereocenters. The molecule has 0 aliphatic carbocycles. The Hall–Kier alpha value is -7.43. The van der Waals surface area contributed by atoms with E-state index in [1.54, 1.807) is 6.08 Å². The van der Waals surface area contributed by atoms with E-state index in [0.717, 1.165) is 61.2 Å². The first-order valence-corrected chi connectivity index (χ1v) is 19.2. The van der Waals surface area contributed by atoms with Crippen LogP contribution in [0.5, 0.6) is 0 Å². The predicted octanol–water partition coefficient (Wildman–Crippen LogP) is 13.9. The highest BCUT2D eigenvalue weighted by Gasteiger charge is 2.19. The molecule has 7 aromatic carbocycles. The highest BCUT2D eigenvalue weighted by Crippen LogP contribution is 2.34. The van der Waals surface area contributed by atoms with Crippen LogP contribution >= 0.6 is 0 Å². The third-order valence-corrected chi connectivity index (χ3v) is 10.4. The molecule has 0 saturated heterocycles. The third kappa shape index (κ3) is 7.25. The van der Waals surface area contributed by atoms with Crippen LogP contribution in [0.2, 0.25) is 0 Å². The molecule has 57 heavy (non-hydrogen) atoms. The van der Waals surface area contributed by atoms with Gasteiger partial charge in [0.05, 0.1) is 0 Å². The smallest absolute Gasteiger partial charge is 0.164 e. The molecule has 0 bridgehead atoms. The van der Waals surface area contributed by atoms with Crippen LogP contribution in [0.3, 0.4) is 0 Å². The summed E-state index contributed by atoms with van der Waals surface area (Å²) >= 11 is 0. The molecule has 272 valence electrons. The maximum absolute atomic E-state index is 6.32. The standard InChI is InChI=1S/C53H39N3O/c1-3-5-22-50-48(47-21-12-13-23-49(47)57-50)35-44-18-9-11-20-46(44)53-55-51(40-29-24-37(25-30-40)43-33-26-36-15-6-7-17-42(36)34-43)54-52(56-53)41-31-27-39(28-32-41)45-19-10-8-16-38(45)14-4-2/h3-34H,1,35H2,2H3/b14-4-,22-5-. The number of rotatable bonds is 10. The van der Waals surface area contributed by atoms with Gasteiger partial charge >= 0.3 is 0 Å². The molecular formula is C53H39N3O. The van der Waals surface area contributed by atoms with Crippen LogP contribution in [0, 0.1) is 0 Å². The Balaban J connectivity index is 1.15. The summed E-state index contributed by atoms with van der Waals surface area (Å²) in [6.45, 7) is 5.92. The largest absolute Gasteiger partial charge is 0.456 e. The molecule has 2 aromatic heterocycles. The van der Waals surface area contributed by atoms with Crippen molar-refractivity contribution in [3.05, 3.63) is 211 Å². The number of hydrogen-bond donors (Lipinski definition) is 0. The first kappa shape index (κ1) is 35.3. The lowest BCUT2D eigenvalue weighted by Crippen LogP contribution is -2.02. The van der Waals surface area contributed by atoms with Gasteiger partial charge in [0.25, 0.3) is 0 Å². The lowest BCUT2D eigenvalue weighted by Gasteiger charge is -2.13. The second kappa shape index (κ2) is 15.7. The SMILES string of the molecule is C=C/C=C\c1oc2ccccc2c1Cc1ccccc1-c1nc(-c2ccc(-c3ccc4ccccc4c3)cc2)nc(-c2ccc(-c3ccccc3/C=C\C)cc2)n1. The molecule has 0 saturated carbocycles. The molecular weight excluding hydrogens is 695 g/mol. The molecule has 0 amide bonds. The van der Waals surface area contributed by atoms with Crippen LogP contribution in [0.15, 0.2) is 193 Å². The number of fused-ring (bicyclic) bond motifs is 2. The van der Waals surface area contributed by atoms with Crippen molar-refractivity contribution < 1.29 is 4.42 Å². The molecule has 0 N–H and O–H groups in total. The van der Waals surface area contributed by atoms with Gasteiger partial charge in [0, 0.05) is 34.1 Å². The zero-order chi connectivity index (χ0) is 38.6. The minimum absolute atomic E-state index is 0.611. The molecule has 2 heterocycles. The number of allylic oxidation sites excluding steroid dienone is 3. The summed E-state index contributed by atoms with van der Waals surface area (Å²) in [6.07, 6.45) is 10.5. The fourth-order valence-corrected chi connectivity index (χ4v) is 7.49. The van der Waals surface area contributed by atoms with E-state index in [1.807, 2.05) is 37.3 Å². The molecule has 0 unspecified atom stereocenters. The normalized spacial score (nSPS) is 11.6. The fraction of sp³-hybridized carbons (Fsp3) is 0.0377. The van der Waals surface area contributed by atoms with Gasteiger partial charge in [-0.2, -0.15) is 0 Å². The quantitative estimate of drug-likeness (QED) is 0.131. The van der Waals surface area contributed by atoms with Crippen LogP contribution < -0.4 is 0 Å². The summed E-state index contributed by atoms with van der Waals surface area (Å²) in [5.41, 5.74) is 11.6. The average molecular weight is 734 g/mol. The Kier molecular flexibility index (Phi) is 9.74. The number of hydrogen-bond acceptors (Lipinski definition) is 4. The number of para-hydroxylation sites is 1. The lowest BCUT2D eigenvalue weighted by molar-refractivity contribution is 0.600. The maximum atomic E-state index is 6.32. The maximum Gasteiger partial charge on any atom is 0.164 e. The van der Waals surface area contributed by atoms with E-state index in [0.29, 0.717) is 23.9 Å². The minimum Gasteiger partial charge on any atom is -0.456 e. The fourth-order valence-electron chi connectivity index (χ4n) is 7.49. The van der Waals surface area contributed by atoms with Crippen LogP contribution in [-0.2, 0) is 6.42 Å². The zero-order valence-corrected chi connectivity index (χ0v) is 31.6. The van der Waals surface area contributed by atoms with Crippen molar-refractivity contribution in [3.63, 3.8) is 0 Å². The molecule has 0 aliphatic rings. The van der Waals surface area contributed by atoms with Gasteiger partial charge in [0.2, 0.25) is 0 Å². The Morgan fingerprint density at radius 2 is 1.12 bits per heavy atom. The summed E-state index contributed by atoms with van der Waals surface area (Å²) in [6, 6.07) is 57.0. The van der Waals surface area contributed by atoms with E-state index >= 15 is 0 Å². The monoisotopic (exact) mass is 733 g/mol. The van der Waals surface area contributed by atoms with Crippen LogP contribution in [0.1, 0.15) is 29.4 Å². The summed E-state index contributed by atoms with van der Waals surface area (Å²) in [4.78, 5) is 15.5. The van der Waals surface area contributed by atoms with E-state index in [4.69, 9.17) is 19.4 Å². The van der Waals surface area contributed by atoms with Gasteiger partial charge in [-0.15, -0.1) is 0 Å². The van der Waals surface area contributed by atoms with Crippen molar-refractivity contribution in [3.8, 4) is 56.4 Å². The molecule has 9 aromatic rings. The van der Waals surface area contributed by atoms with Crippen LogP contribution in [0.25, 0.3) is 90.3 Å². The first-order valence-electron chi connectivity index (χ1n) is 19.2. The summed E-state index contributed by atoms with van der Waals surface area (Å²) in [5, 5.41) is 3.52. The van der Waals surface area contributed by atoms with E-state index in [1.165, 1.54) is 21.9 Å². The predicted molar refractivity (Wildman–Crippen MR) is 237 cm³/mol. The third-order valence-electron chi connectivity index (χ3n) is 10.4. The zero-order valence-electron chi connectivity index (χ0n) is 31.6. The number of benzene rings is 7. The van der Waals surface area contributed by atoms with Crippen LogP contribution in [0.4, 0.5) is 0 Å². The molecule has 0 radical (unpaired) electrons. The van der Waals surface area contributed by atoms with E-state index < -0.39 is 0 Å². The summed E-state index contributed by atoms with van der Waals surface area (Å²) < 4.78 is 6.32. The molecule has 4 heteroatoms. The lowest BCUT2D eigenvalue weighted by atomic mass is 9.96. The Morgan fingerprint density at radius 3 is 1.88 bits per heavy atom. The topological polar surface area (TPSA) is 51.8 Å². The van der Waals surface area contributed by atoms with Crippen molar-refractivity contribution in [2.45, 2.75) is 13.3 Å². The van der Waals surface area contributed by atoms with Crippen LogP contribution in [-0.4, -0.2) is 15.0 Å². The first-order chi connectivity index (χ1) is 28.1. The van der Waals surface area contributed by atoms with Crippen molar-refractivity contribution >= 4 is 33.9 Å². The van der Waals surface area contributed by atoms with Gasteiger partial charge in [-0.25, -0.2) is 15.0 Å². The molecule has 0 aliphatic heterocycles. The molecule has 4 nitrogen and oxygen atoms in total. The number of aromatic nitrogens is 3. The number of furan rings is 1. The average Bonchev–Trinajstić information content (AvgIpc) is 3.62. The summed E-state index contributed by atoms with van der Waals surface area (Å²) in [5.74, 6) is 2.65. The second-order valence-electron chi connectivity index (χ2n) is 14.0. The van der Waals surface area contributed by atoms with Gasteiger partial charge in [-0.1, -0.05) is 183 Å². The highest BCUT2D eigenvalue weighted by atomic mass is 16.3. The molecule has 0 spiro atoms. The van der Waals surface area contributed by atoms with E-state index in [2.05, 4.69) is 164 Å². The van der Waals surface area contributed by atoms with E-state index in [-0.39, 0.29) is 0 Å². The van der Waals surface area contributed by atoms with Gasteiger partial charge in [-0.3, -0.25) is 0 Å². The highest BCUT2D eigenvalue weighted by molar-refractivity contribution is 5.88. The summed E-state index contributed by atoms with van der Waals surface area (Å²) in [7, 11) is 0. The van der Waals surface area contributed by atoms with Crippen molar-refractivity contribution in [2.24, 2.45) is 0 Å². The van der Waals surface area contributed by atoms with Gasteiger partial charge in [0.1, 0.15) is 11.3 Å². The Morgan fingerprint density at radius 1 is 0.526 bits per heavy atom. The van der Waals surface area contributed by atoms with Gasteiger partial charge in [0.15, 0.2) is 17.5 Å². The number of nitrogens with zero attached hydrogens (tertiary/aromatic N) is 3. The van der Waals surface area contributed by atoms with Gasteiger partial charge in [-0.05, 0) is 69.3 Å². The Labute approximate surface area is 332 Å². The molecule has 0 fully saturated rings. The van der Waals surface area contributed by atoms with Crippen molar-refractivity contribution in [1.82, 2.24) is 15.0 Å². The minimum atomic E-state index is 0.611. The molecule has 9 rings (SSSR count). The second-order valence-corrected chi connectivity index (χ2v) is 14.0. The Bertz CT molecular complexity index is 2950. The van der Waals surface area contributed by atoms with Crippen molar-refractivity contribution in [2.75, 3.05) is 0 Å².